The minimum absolute atomic E-state index is 0.0372. The van der Waals surface area contributed by atoms with E-state index in [1.165, 1.54) is 47.2 Å². The lowest BCUT2D eigenvalue weighted by Crippen LogP contribution is -2.35. The van der Waals surface area contributed by atoms with E-state index in [0.717, 1.165) is 0 Å². The number of benzene rings is 3. The van der Waals surface area contributed by atoms with E-state index in [9.17, 15) is 0 Å². The Kier molecular flexibility index (Phi) is 8.03. The normalized spacial score (nSPS) is 14.0. The second-order valence-electron chi connectivity index (χ2n) is 8.29. The fourth-order valence-corrected chi connectivity index (χ4v) is 8.88. The summed E-state index contributed by atoms with van der Waals surface area (Å²) in [5.41, 5.74) is 3.17. The SMILES string of the molecule is C[Si](O[Si]O[Si])O[Si](C)(C)C.c1ccc2c(c1)ccc1c3c(ccc12)CCCC3. The van der Waals surface area contributed by atoms with Crippen molar-refractivity contribution in [1.29, 1.82) is 0 Å². The Labute approximate surface area is 183 Å². The van der Waals surface area contributed by atoms with Gasteiger partial charge in [0, 0.05) is 0 Å². The Hall–Kier alpha value is -1.07. The van der Waals surface area contributed by atoms with Crippen LogP contribution in [0.25, 0.3) is 21.5 Å². The first-order valence-electron chi connectivity index (χ1n) is 10.1. The summed E-state index contributed by atoms with van der Waals surface area (Å²) in [4.78, 5) is 0. The summed E-state index contributed by atoms with van der Waals surface area (Å²) < 4.78 is 15.5. The van der Waals surface area contributed by atoms with Crippen LogP contribution < -0.4 is 0 Å². The summed E-state index contributed by atoms with van der Waals surface area (Å²) in [6.07, 6.45) is 5.22. The molecule has 0 unspecified atom stereocenters. The Morgan fingerprint density at radius 1 is 0.897 bits per heavy atom. The standard InChI is InChI=1S/C18H16.C4H12O3Si4/c1-3-7-15-13(5-1)9-11-18-16-8-4-2-6-14(16)10-12-17(15)18;1-10(6-9-5-8)7-11(2,3)4/h1,3,5,7,9-12H,2,4,6,8H2;1-4H3. The first-order valence-corrected chi connectivity index (χ1v) is 16.5. The summed E-state index contributed by atoms with van der Waals surface area (Å²) in [5, 5.41) is 5.64. The molecule has 1 aliphatic rings. The van der Waals surface area contributed by atoms with Crippen molar-refractivity contribution in [3.05, 3.63) is 59.7 Å². The minimum atomic E-state index is -1.42. The molecule has 0 amide bonds. The van der Waals surface area contributed by atoms with Crippen LogP contribution in [0, 0.1) is 0 Å². The van der Waals surface area contributed by atoms with E-state index in [-0.39, 0.29) is 10.0 Å². The Morgan fingerprint density at radius 2 is 1.62 bits per heavy atom. The van der Waals surface area contributed by atoms with Crippen LogP contribution in [0.15, 0.2) is 48.5 Å². The third-order valence-electron chi connectivity index (χ3n) is 4.93. The maximum Gasteiger partial charge on any atom is 0.411 e. The zero-order valence-electron chi connectivity index (χ0n) is 17.7. The summed E-state index contributed by atoms with van der Waals surface area (Å²) >= 11 is 0. The highest BCUT2D eigenvalue weighted by Crippen LogP contribution is 2.33. The summed E-state index contributed by atoms with van der Waals surface area (Å²) in [5.74, 6) is 0. The van der Waals surface area contributed by atoms with Crippen LogP contribution in [0.1, 0.15) is 24.0 Å². The molecule has 0 heterocycles. The van der Waals surface area contributed by atoms with Crippen molar-refractivity contribution in [3.63, 3.8) is 0 Å². The second kappa shape index (κ2) is 10.3. The van der Waals surface area contributed by atoms with Gasteiger partial charge >= 0.3 is 19.3 Å². The molecule has 0 saturated heterocycles. The third-order valence-corrected chi connectivity index (χ3v) is 10.4. The van der Waals surface area contributed by atoms with E-state index in [4.69, 9.17) is 8.23 Å². The number of fused-ring (bicyclic) bond motifs is 5. The first kappa shape index (κ1) is 22.6. The molecule has 0 aliphatic heterocycles. The molecule has 1 aliphatic carbocycles. The summed E-state index contributed by atoms with van der Waals surface area (Å²) in [6, 6.07) is 18.0. The molecule has 6 radical (unpaired) electrons. The van der Waals surface area contributed by atoms with Gasteiger partial charge in [0.1, 0.15) is 0 Å². The van der Waals surface area contributed by atoms with E-state index in [2.05, 4.69) is 82.8 Å². The fourth-order valence-electron chi connectivity index (χ4n) is 3.87. The summed E-state index contributed by atoms with van der Waals surface area (Å²) in [7, 11) is 0.389. The topological polar surface area (TPSA) is 27.7 Å². The Bertz CT molecular complexity index is 956. The average Bonchev–Trinajstić information content (AvgIpc) is 2.71. The van der Waals surface area contributed by atoms with Gasteiger partial charge in [-0.25, -0.2) is 0 Å². The quantitative estimate of drug-likeness (QED) is 0.379. The number of aryl methyl sites for hydroxylation is 2. The highest BCUT2D eigenvalue weighted by atomic mass is 28.4. The third kappa shape index (κ3) is 6.21. The first-order chi connectivity index (χ1) is 13.9. The molecule has 3 aromatic carbocycles. The van der Waals surface area contributed by atoms with Crippen LogP contribution in [-0.2, 0) is 25.2 Å². The van der Waals surface area contributed by atoms with E-state index in [1.807, 2.05) is 6.55 Å². The molecule has 3 aromatic rings. The van der Waals surface area contributed by atoms with Crippen molar-refractivity contribution in [2.75, 3.05) is 0 Å². The van der Waals surface area contributed by atoms with Crippen LogP contribution in [0.2, 0.25) is 26.2 Å². The van der Waals surface area contributed by atoms with E-state index in [1.54, 1.807) is 11.1 Å². The van der Waals surface area contributed by atoms with Crippen LogP contribution in [0.3, 0.4) is 0 Å². The molecule has 0 aromatic heterocycles. The van der Waals surface area contributed by atoms with Crippen molar-refractivity contribution in [3.8, 4) is 0 Å². The molecule has 3 nitrogen and oxygen atoms in total. The van der Waals surface area contributed by atoms with Gasteiger partial charge < -0.3 is 12.3 Å². The van der Waals surface area contributed by atoms with Gasteiger partial charge in [0.15, 0.2) is 8.32 Å². The van der Waals surface area contributed by atoms with Gasteiger partial charge in [0.2, 0.25) is 10.5 Å². The van der Waals surface area contributed by atoms with Crippen LogP contribution in [-0.4, -0.2) is 38.1 Å². The smallest absolute Gasteiger partial charge is 0.411 e. The maximum absolute atomic E-state index is 5.66. The molecule has 0 atom stereocenters. The van der Waals surface area contributed by atoms with Gasteiger partial charge in [-0.05, 0) is 84.5 Å². The zero-order chi connectivity index (χ0) is 20.9. The number of rotatable bonds is 5. The van der Waals surface area contributed by atoms with Crippen molar-refractivity contribution < 1.29 is 12.3 Å². The molecule has 0 fully saturated rings. The lowest BCUT2D eigenvalue weighted by molar-refractivity contribution is 0.404. The molecular weight excluding hydrogens is 425 g/mol. The highest BCUT2D eigenvalue weighted by molar-refractivity contribution is 6.76. The zero-order valence-corrected chi connectivity index (χ0v) is 21.7. The highest BCUT2D eigenvalue weighted by Gasteiger charge is 2.20. The van der Waals surface area contributed by atoms with Gasteiger partial charge in [0.05, 0.1) is 0 Å². The molecule has 7 heteroatoms. The maximum atomic E-state index is 5.66. The van der Waals surface area contributed by atoms with Crippen molar-refractivity contribution in [2.24, 2.45) is 0 Å². The van der Waals surface area contributed by atoms with Crippen molar-refractivity contribution in [1.82, 2.24) is 0 Å². The number of hydrogen-bond acceptors (Lipinski definition) is 3. The second-order valence-corrected chi connectivity index (χ2v) is 16.1. The largest absolute Gasteiger partial charge is 0.436 e. The fraction of sp³-hybridized carbons (Fsp3) is 0.364. The van der Waals surface area contributed by atoms with Crippen molar-refractivity contribution in [2.45, 2.75) is 51.9 Å². The molecule has 4 rings (SSSR count). The van der Waals surface area contributed by atoms with Crippen molar-refractivity contribution >= 4 is 59.6 Å². The molecule has 0 N–H and O–H groups in total. The predicted octanol–water partition coefficient (Wildman–Crippen LogP) is 5.48. The molecule has 150 valence electrons. The molecule has 0 saturated carbocycles. The van der Waals surface area contributed by atoms with Gasteiger partial charge in [0.25, 0.3) is 0 Å². The Balaban J connectivity index is 0.000000191. The lowest BCUT2D eigenvalue weighted by Gasteiger charge is -2.20. The summed E-state index contributed by atoms with van der Waals surface area (Å²) in [6.45, 7) is 8.40. The monoisotopic (exact) mass is 452 g/mol. The molecule has 0 spiro atoms. The van der Waals surface area contributed by atoms with E-state index < -0.39 is 17.6 Å². The lowest BCUT2D eigenvalue weighted by atomic mass is 9.86. The van der Waals surface area contributed by atoms with Gasteiger partial charge in [-0.1, -0.05) is 48.5 Å². The average molecular weight is 453 g/mol. The number of hydrogen-bond donors (Lipinski definition) is 0. The van der Waals surface area contributed by atoms with E-state index in [0.29, 0.717) is 0 Å². The minimum Gasteiger partial charge on any atom is -0.436 e. The predicted molar refractivity (Wildman–Crippen MR) is 128 cm³/mol. The van der Waals surface area contributed by atoms with Gasteiger partial charge in [-0.2, -0.15) is 0 Å². The molecular formula is C22H28O3Si4. The Morgan fingerprint density at radius 3 is 2.38 bits per heavy atom. The molecule has 29 heavy (non-hydrogen) atoms. The van der Waals surface area contributed by atoms with Gasteiger partial charge in [-0.15, -0.1) is 0 Å². The van der Waals surface area contributed by atoms with Crippen LogP contribution in [0.4, 0.5) is 0 Å². The van der Waals surface area contributed by atoms with Gasteiger partial charge in [-0.3, -0.25) is 0 Å². The molecule has 0 bridgehead atoms. The van der Waals surface area contributed by atoms with Crippen LogP contribution in [0.5, 0.6) is 0 Å². The van der Waals surface area contributed by atoms with E-state index >= 15 is 0 Å². The van der Waals surface area contributed by atoms with Crippen LogP contribution >= 0.6 is 0 Å².